The third-order valence-corrected chi connectivity index (χ3v) is 3.20. The van der Waals surface area contributed by atoms with Gasteiger partial charge in [0.15, 0.2) is 11.5 Å². The Labute approximate surface area is 133 Å². The van der Waals surface area contributed by atoms with E-state index >= 15 is 0 Å². The van der Waals surface area contributed by atoms with E-state index in [1.165, 1.54) is 12.1 Å². The molecule has 22 heavy (non-hydrogen) atoms. The number of hydrogen-bond acceptors (Lipinski definition) is 7. The molecular formula is C12H13BrFN5O3. The normalized spacial score (nSPS) is 11.5. The second-order valence-electron chi connectivity index (χ2n) is 4.05. The maximum atomic E-state index is 13.5. The SMILES string of the molecule is COCCNc1nonc1C(=Nc1ccc(Br)c(F)c1)NO. The van der Waals surface area contributed by atoms with Gasteiger partial charge in [0.05, 0.1) is 16.8 Å². The van der Waals surface area contributed by atoms with Gasteiger partial charge >= 0.3 is 0 Å². The fourth-order valence-electron chi connectivity index (χ4n) is 1.55. The first kappa shape index (κ1) is 16.3. The van der Waals surface area contributed by atoms with Crippen LogP contribution in [0.3, 0.4) is 0 Å². The average Bonchev–Trinajstić information content (AvgIpc) is 2.97. The van der Waals surface area contributed by atoms with Gasteiger partial charge in [-0.1, -0.05) is 0 Å². The van der Waals surface area contributed by atoms with Gasteiger partial charge in [0.2, 0.25) is 5.82 Å². The summed E-state index contributed by atoms with van der Waals surface area (Å²) in [5.41, 5.74) is 2.34. The maximum absolute atomic E-state index is 13.5. The van der Waals surface area contributed by atoms with E-state index in [0.29, 0.717) is 17.6 Å². The third kappa shape index (κ3) is 4.00. The number of aromatic nitrogens is 2. The van der Waals surface area contributed by atoms with E-state index in [1.54, 1.807) is 13.2 Å². The second-order valence-corrected chi connectivity index (χ2v) is 4.91. The summed E-state index contributed by atoms with van der Waals surface area (Å²) >= 11 is 3.05. The minimum Gasteiger partial charge on any atom is -0.383 e. The fourth-order valence-corrected chi connectivity index (χ4v) is 1.79. The number of anilines is 1. The lowest BCUT2D eigenvalue weighted by Crippen LogP contribution is -2.22. The number of aliphatic imine (C=N–C) groups is 1. The zero-order valence-corrected chi connectivity index (χ0v) is 13.1. The highest BCUT2D eigenvalue weighted by molar-refractivity contribution is 9.10. The van der Waals surface area contributed by atoms with Crippen LogP contribution < -0.4 is 10.8 Å². The Morgan fingerprint density at radius 1 is 1.50 bits per heavy atom. The molecule has 0 saturated carbocycles. The maximum Gasteiger partial charge on any atom is 0.202 e. The average molecular weight is 374 g/mol. The predicted octanol–water partition coefficient (Wildman–Crippen LogP) is 2.09. The van der Waals surface area contributed by atoms with E-state index in [-0.39, 0.29) is 23.0 Å². The topological polar surface area (TPSA) is 105 Å². The molecule has 0 unspecified atom stereocenters. The Morgan fingerprint density at radius 3 is 3.00 bits per heavy atom. The minimum absolute atomic E-state index is 0.0390. The van der Waals surface area contributed by atoms with E-state index in [4.69, 9.17) is 4.74 Å². The third-order valence-electron chi connectivity index (χ3n) is 2.56. The second kappa shape index (κ2) is 7.82. The molecule has 10 heteroatoms. The van der Waals surface area contributed by atoms with Crippen molar-refractivity contribution in [3.8, 4) is 0 Å². The molecule has 2 rings (SSSR count). The zero-order chi connectivity index (χ0) is 15.9. The van der Waals surface area contributed by atoms with Crippen molar-refractivity contribution in [2.45, 2.75) is 0 Å². The molecule has 0 saturated heterocycles. The molecule has 0 spiro atoms. The van der Waals surface area contributed by atoms with E-state index in [9.17, 15) is 9.60 Å². The lowest BCUT2D eigenvalue weighted by molar-refractivity contribution is 0.210. The number of benzene rings is 1. The lowest BCUT2D eigenvalue weighted by Gasteiger charge is -2.05. The molecule has 0 bridgehead atoms. The zero-order valence-electron chi connectivity index (χ0n) is 11.5. The van der Waals surface area contributed by atoms with Gasteiger partial charge in [-0.2, -0.15) is 0 Å². The van der Waals surface area contributed by atoms with Crippen LogP contribution in [0.1, 0.15) is 5.69 Å². The number of hydrogen-bond donors (Lipinski definition) is 3. The van der Waals surface area contributed by atoms with Crippen LogP contribution in [0.25, 0.3) is 0 Å². The lowest BCUT2D eigenvalue weighted by atomic mass is 10.3. The molecular weight excluding hydrogens is 361 g/mol. The van der Waals surface area contributed by atoms with Crippen LogP contribution in [-0.4, -0.2) is 41.6 Å². The number of methoxy groups -OCH3 is 1. The number of ether oxygens (including phenoxy) is 1. The summed E-state index contributed by atoms with van der Waals surface area (Å²) in [5.74, 6) is -0.243. The van der Waals surface area contributed by atoms with E-state index in [0.717, 1.165) is 0 Å². The summed E-state index contributed by atoms with van der Waals surface area (Å²) in [5, 5.41) is 19.5. The van der Waals surface area contributed by atoms with Crippen molar-refractivity contribution in [3.05, 3.63) is 34.2 Å². The molecule has 2 aromatic rings. The fraction of sp³-hybridized carbons (Fsp3) is 0.250. The molecule has 8 nitrogen and oxygen atoms in total. The van der Waals surface area contributed by atoms with Gasteiger partial charge in [0, 0.05) is 19.7 Å². The largest absolute Gasteiger partial charge is 0.383 e. The van der Waals surface area contributed by atoms with Crippen molar-refractivity contribution in [2.75, 3.05) is 25.6 Å². The van der Waals surface area contributed by atoms with Gasteiger partial charge < -0.3 is 10.1 Å². The van der Waals surface area contributed by atoms with Gasteiger partial charge in [0.25, 0.3) is 0 Å². The number of hydroxylamine groups is 1. The smallest absolute Gasteiger partial charge is 0.202 e. The van der Waals surface area contributed by atoms with Crippen molar-refractivity contribution in [3.63, 3.8) is 0 Å². The van der Waals surface area contributed by atoms with Crippen LogP contribution in [0.15, 0.2) is 32.3 Å². The summed E-state index contributed by atoms with van der Waals surface area (Å²) < 4.78 is 23.3. The molecule has 0 aliphatic heterocycles. The summed E-state index contributed by atoms with van der Waals surface area (Å²) in [6, 6.07) is 4.27. The molecule has 0 atom stereocenters. The highest BCUT2D eigenvalue weighted by Crippen LogP contribution is 2.22. The number of halogens is 2. The Bertz CT molecular complexity index is 664. The van der Waals surface area contributed by atoms with Gasteiger partial charge in [-0.05, 0) is 38.4 Å². The molecule has 0 aliphatic carbocycles. The molecule has 0 fully saturated rings. The quantitative estimate of drug-likeness (QED) is 0.308. The van der Waals surface area contributed by atoms with Crippen molar-refractivity contribution >= 4 is 33.3 Å². The molecule has 0 aliphatic rings. The highest BCUT2D eigenvalue weighted by Gasteiger charge is 2.16. The summed E-state index contributed by atoms with van der Waals surface area (Å²) in [6.07, 6.45) is 0. The number of nitrogens with one attached hydrogen (secondary N) is 2. The monoisotopic (exact) mass is 373 g/mol. The standard InChI is InChI=1S/C12H13BrFN5O3/c1-21-5-4-15-11-10(18-22-19-11)12(17-20)16-7-2-3-8(13)9(14)6-7/h2-3,6,20H,4-5H2,1H3,(H,15,19)(H,16,17). The van der Waals surface area contributed by atoms with Crippen molar-refractivity contribution in [2.24, 2.45) is 4.99 Å². The van der Waals surface area contributed by atoms with E-state index in [1.807, 2.05) is 5.48 Å². The van der Waals surface area contributed by atoms with E-state index < -0.39 is 5.82 Å². The molecule has 0 radical (unpaired) electrons. The first-order valence-corrected chi connectivity index (χ1v) is 6.94. The van der Waals surface area contributed by atoms with Crippen LogP contribution in [0.4, 0.5) is 15.9 Å². The van der Waals surface area contributed by atoms with Crippen LogP contribution in [0, 0.1) is 5.82 Å². The van der Waals surface area contributed by atoms with Crippen molar-refractivity contribution in [1.82, 2.24) is 15.8 Å². The number of rotatable bonds is 6. The Hall–Kier alpha value is -2.04. The predicted molar refractivity (Wildman–Crippen MR) is 79.9 cm³/mol. The van der Waals surface area contributed by atoms with Gasteiger partial charge in [0.1, 0.15) is 5.82 Å². The molecule has 0 amide bonds. The first-order valence-electron chi connectivity index (χ1n) is 6.15. The molecule has 1 aromatic carbocycles. The molecule has 1 aromatic heterocycles. The molecule has 1 heterocycles. The van der Waals surface area contributed by atoms with Crippen molar-refractivity contribution < 1.29 is 19.0 Å². The molecule has 3 N–H and O–H groups in total. The number of amidine groups is 1. The molecule has 118 valence electrons. The van der Waals surface area contributed by atoms with E-state index in [2.05, 4.69) is 41.2 Å². The van der Waals surface area contributed by atoms with Crippen molar-refractivity contribution in [1.29, 1.82) is 0 Å². The van der Waals surface area contributed by atoms with Gasteiger partial charge in [-0.25, -0.2) is 14.0 Å². The van der Waals surface area contributed by atoms with Crippen LogP contribution >= 0.6 is 15.9 Å². The first-order chi connectivity index (χ1) is 10.7. The van der Waals surface area contributed by atoms with Gasteiger partial charge in [-0.3, -0.25) is 10.7 Å². The minimum atomic E-state index is -0.477. The van der Waals surface area contributed by atoms with Gasteiger partial charge in [-0.15, -0.1) is 0 Å². The Morgan fingerprint density at radius 2 is 2.32 bits per heavy atom. The Balaban J connectivity index is 2.25. The Kier molecular flexibility index (Phi) is 5.81. The number of nitrogens with zero attached hydrogens (tertiary/aromatic N) is 3. The highest BCUT2D eigenvalue weighted by atomic mass is 79.9. The summed E-state index contributed by atoms with van der Waals surface area (Å²) in [4.78, 5) is 4.07. The van der Waals surface area contributed by atoms with Crippen LogP contribution in [0.5, 0.6) is 0 Å². The summed E-state index contributed by atoms with van der Waals surface area (Å²) in [6.45, 7) is 0.909. The summed E-state index contributed by atoms with van der Waals surface area (Å²) in [7, 11) is 1.56. The van der Waals surface area contributed by atoms with Crippen LogP contribution in [-0.2, 0) is 4.74 Å². The van der Waals surface area contributed by atoms with Crippen LogP contribution in [0.2, 0.25) is 0 Å².